The molecule has 0 aliphatic rings. The summed E-state index contributed by atoms with van der Waals surface area (Å²) < 4.78 is -0.637. The predicted molar refractivity (Wildman–Crippen MR) is 22.6 cm³/mol. The van der Waals surface area contributed by atoms with Crippen molar-refractivity contribution >= 4 is 27.1 Å². The summed E-state index contributed by atoms with van der Waals surface area (Å²) in [5, 5.41) is 7.69. The first-order valence-electron chi connectivity index (χ1n) is 1.38. The number of carbonyl (C=O) groups is 2. The third-order valence-corrected chi connectivity index (χ3v) is 1.20. The van der Waals surface area contributed by atoms with Crippen LogP contribution in [0.1, 0.15) is 0 Å². The van der Waals surface area contributed by atoms with Crippen LogP contribution in [0.3, 0.4) is 0 Å². The molecular weight excluding hydrogens is 145 g/mol. The molecule has 0 fully saturated rings. The molecule has 0 bridgehead atoms. The Bertz CT molecular complexity index is 74.8. The fraction of sp³-hybridized carbons (Fsp3) is 0. The summed E-state index contributed by atoms with van der Waals surface area (Å²) in [6.07, 6.45) is 0. The summed E-state index contributed by atoms with van der Waals surface area (Å²) in [6, 6.07) is 0. The van der Waals surface area contributed by atoms with E-state index in [4.69, 9.17) is 5.11 Å². The summed E-state index contributed by atoms with van der Waals surface area (Å²) in [4.78, 5) is 19.0. The molecule has 0 rings (SSSR count). The van der Waals surface area contributed by atoms with Crippen molar-refractivity contribution in [1.82, 2.24) is 0 Å². The zero-order chi connectivity index (χ0) is 5.15. The first-order valence-corrected chi connectivity index (χ1v) is 3.48. The Morgan fingerprint density at radius 3 is 1.67 bits per heavy atom. The van der Waals surface area contributed by atoms with E-state index in [1.54, 1.807) is 0 Å². The van der Waals surface area contributed by atoms with Gasteiger partial charge in [-0.3, -0.25) is 0 Å². The molecule has 1 N–H and O–H groups in total. The molecule has 0 amide bonds. The van der Waals surface area contributed by atoms with E-state index in [1.807, 2.05) is 0 Å². The van der Waals surface area contributed by atoms with E-state index in [9.17, 15) is 9.59 Å². The third-order valence-electron chi connectivity index (χ3n) is 0.301. The Morgan fingerprint density at radius 1 is 1.50 bits per heavy atom. The topological polar surface area (TPSA) is 54.4 Å². The third kappa shape index (κ3) is 1.95. The Hall–Kier alpha value is -0.317. The first kappa shape index (κ1) is 5.68. The Balaban J connectivity index is 3.57. The number of aliphatic carboxylic acids is 1. The van der Waals surface area contributed by atoms with Gasteiger partial charge in [-0.2, -0.15) is 0 Å². The molecule has 0 saturated carbocycles. The Labute approximate surface area is 42.6 Å². The molecule has 0 saturated heterocycles. The van der Waals surface area contributed by atoms with Crippen LogP contribution in [-0.2, 0) is 9.59 Å². The number of carboxylic acids is 1. The summed E-state index contributed by atoms with van der Waals surface area (Å²) >= 11 is -0.196. The van der Waals surface area contributed by atoms with E-state index in [0.29, 0.717) is 0 Å². The Kier molecular flexibility index (Phi) is 1.86. The van der Waals surface area contributed by atoms with Gasteiger partial charge >= 0.3 is 41.8 Å². The number of rotatable bonds is 1. The van der Waals surface area contributed by atoms with E-state index in [0.717, 1.165) is 0 Å². The van der Waals surface area contributed by atoms with Crippen molar-refractivity contribution in [3.8, 4) is 0 Å². The number of hydrogen-bond acceptors (Lipinski definition) is 2. The molecule has 0 aliphatic heterocycles. The van der Waals surface area contributed by atoms with Gasteiger partial charge in [-0.1, -0.05) is 0 Å². The summed E-state index contributed by atoms with van der Waals surface area (Å²) in [7, 11) is 0. The minimum absolute atomic E-state index is 0.196. The second kappa shape index (κ2) is 1.97. The normalized spacial score (nSPS) is 8.00. The Morgan fingerprint density at radius 2 is 1.67 bits per heavy atom. The second-order valence-electron chi connectivity index (χ2n) is 0.861. The van der Waals surface area contributed by atoms with Crippen LogP contribution in [-0.4, -0.2) is 32.2 Å². The van der Waals surface area contributed by atoms with Crippen molar-refractivity contribution < 1.29 is 14.7 Å². The summed E-state index contributed by atoms with van der Waals surface area (Å²) in [6.45, 7) is 0. The van der Waals surface area contributed by atoms with Crippen molar-refractivity contribution in [3.63, 3.8) is 0 Å². The van der Waals surface area contributed by atoms with Crippen LogP contribution < -0.4 is 0 Å². The molecule has 0 aromatic rings. The number of carbonyl (C=O) groups excluding carboxylic acids is 1. The van der Waals surface area contributed by atoms with Crippen LogP contribution in [0.25, 0.3) is 0 Å². The van der Waals surface area contributed by atoms with E-state index in [-0.39, 0.29) is 16.5 Å². The first-order chi connectivity index (χ1) is 2.64. The minimum atomic E-state index is -1.30. The van der Waals surface area contributed by atoms with Crippen molar-refractivity contribution in [2.45, 2.75) is 0 Å². The maximum atomic E-state index is 9.63. The van der Waals surface area contributed by atoms with Crippen LogP contribution in [0, 0.1) is 0 Å². The molecule has 0 aromatic heterocycles. The van der Waals surface area contributed by atoms with Crippen molar-refractivity contribution in [3.05, 3.63) is 0 Å². The average Bonchev–Trinajstić information content (AvgIpc) is 1.36. The fourth-order valence-electron chi connectivity index (χ4n) is 0. The molecular formula is C2H4GeO3. The second-order valence-corrected chi connectivity index (χ2v) is 2.77. The van der Waals surface area contributed by atoms with Gasteiger partial charge in [0.25, 0.3) is 0 Å². The molecule has 0 unspecified atom stereocenters. The number of carboxylic acid groups (broad SMARTS) is 1. The quantitative estimate of drug-likeness (QED) is 0.345. The van der Waals surface area contributed by atoms with Crippen LogP contribution in [0.5, 0.6) is 0 Å². The van der Waals surface area contributed by atoms with Crippen LogP contribution >= 0.6 is 0 Å². The van der Waals surface area contributed by atoms with Gasteiger partial charge in [-0.05, 0) is 0 Å². The SMILES string of the molecule is O=C(O)[C](=O)[GeH3]. The van der Waals surface area contributed by atoms with Gasteiger partial charge in [0.15, 0.2) is 0 Å². The van der Waals surface area contributed by atoms with Crippen molar-refractivity contribution in [1.29, 1.82) is 0 Å². The van der Waals surface area contributed by atoms with E-state index < -0.39 is 10.6 Å². The predicted octanol–water partition coefficient (Wildman–Crippen LogP) is -2.04. The molecule has 34 valence electrons. The van der Waals surface area contributed by atoms with Gasteiger partial charge in [0, 0.05) is 0 Å². The van der Waals surface area contributed by atoms with Gasteiger partial charge in [0.05, 0.1) is 0 Å². The van der Waals surface area contributed by atoms with E-state index >= 15 is 0 Å². The molecule has 4 heteroatoms. The monoisotopic (exact) mass is 150 g/mol. The van der Waals surface area contributed by atoms with Gasteiger partial charge in [-0.15, -0.1) is 0 Å². The molecule has 0 heterocycles. The van der Waals surface area contributed by atoms with Crippen molar-refractivity contribution in [2.75, 3.05) is 0 Å². The van der Waals surface area contributed by atoms with E-state index in [2.05, 4.69) is 0 Å². The molecule has 0 radical (unpaired) electrons. The number of hydrogen-bond donors (Lipinski definition) is 1. The molecule has 3 nitrogen and oxygen atoms in total. The fourth-order valence-corrected chi connectivity index (χ4v) is 0. The van der Waals surface area contributed by atoms with Gasteiger partial charge < -0.3 is 0 Å². The van der Waals surface area contributed by atoms with Crippen LogP contribution in [0.4, 0.5) is 0 Å². The van der Waals surface area contributed by atoms with Crippen LogP contribution in [0.15, 0.2) is 0 Å². The molecule has 0 aliphatic carbocycles. The zero-order valence-electron chi connectivity index (χ0n) is 3.26. The zero-order valence-corrected chi connectivity index (χ0v) is 7.46. The van der Waals surface area contributed by atoms with E-state index in [1.165, 1.54) is 0 Å². The van der Waals surface area contributed by atoms with Gasteiger partial charge in [-0.25, -0.2) is 0 Å². The molecule has 0 spiro atoms. The average molecular weight is 149 g/mol. The van der Waals surface area contributed by atoms with Crippen molar-refractivity contribution in [2.24, 2.45) is 0 Å². The molecule has 0 atom stereocenters. The maximum absolute atomic E-state index is 9.63. The summed E-state index contributed by atoms with van der Waals surface area (Å²) in [5.41, 5.74) is 0. The molecule has 0 aromatic carbocycles. The van der Waals surface area contributed by atoms with Gasteiger partial charge in [0.2, 0.25) is 0 Å². The van der Waals surface area contributed by atoms with Gasteiger partial charge in [0.1, 0.15) is 0 Å². The summed E-state index contributed by atoms with van der Waals surface area (Å²) in [5.74, 6) is -1.30. The van der Waals surface area contributed by atoms with Crippen LogP contribution in [0.2, 0.25) is 0 Å². The molecule has 6 heavy (non-hydrogen) atoms. The standard InChI is InChI=1S/C2H4GeO3/c3-1(4)2(5)6/h3H3,(H,5,6).